The van der Waals surface area contributed by atoms with Crippen LogP contribution in [0.3, 0.4) is 0 Å². The molecule has 1 rings (SSSR count). The van der Waals surface area contributed by atoms with Gasteiger partial charge >= 0.3 is 0 Å². The third kappa shape index (κ3) is 3.76. The van der Waals surface area contributed by atoms with Gasteiger partial charge in [-0.25, -0.2) is 0 Å². The Labute approximate surface area is 94.7 Å². The first-order chi connectivity index (χ1) is 6.95. The Morgan fingerprint density at radius 2 is 2.13 bits per heavy atom. The molecule has 1 N–H and O–H groups in total. The molecule has 0 spiro atoms. The fourth-order valence-corrected chi connectivity index (χ4v) is 2.34. The Hall–Kier alpha value is -0.0800. The number of rotatable bonds is 5. The van der Waals surface area contributed by atoms with Gasteiger partial charge < -0.3 is 10.0 Å². The Kier molecular flexibility index (Phi) is 4.60. The molecule has 2 heteroatoms. The van der Waals surface area contributed by atoms with E-state index in [1.165, 1.54) is 32.4 Å². The van der Waals surface area contributed by atoms with Gasteiger partial charge in [0.1, 0.15) is 0 Å². The molecule has 0 aromatic rings. The summed E-state index contributed by atoms with van der Waals surface area (Å²) in [5.41, 5.74) is -0.527. The van der Waals surface area contributed by atoms with Crippen molar-refractivity contribution in [3.63, 3.8) is 0 Å². The maximum absolute atomic E-state index is 10.2. The SMILES string of the molecule is CCCC1CCN(CC(C)(O)C(C)C)C1. The Morgan fingerprint density at radius 3 is 2.67 bits per heavy atom. The topological polar surface area (TPSA) is 23.5 Å². The van der Waals surface area contributed by atoms with Crippen molar-refractivity contribution < 1.29 is 5.11 Å². The number of nitrogens with zero attached hydrogens (tertiary/aromatic N) is 1. The average molecular weight is 213 g/mol. The van der Waals surface area contributed by atoms with Crippen LogP contribution in [0.15, 0.2) is 0 Å². The van der Waals surface area contributed by atoms with Crippen LogP contribution in [0.1, 0.15) is 47.0 Å². The summed E-state index contributed by atoms with van der Waals surface area (Å²) in [5, 5.41) is 10.2. The van der Waals surface area contributed by atoms with Crippen LogP contribution in [-0.2, 0) is 0 Å². The molecular formula is C13H27NO. The summed E-state index contributed by atoms with van der Waals surface area (Å²) in [5.74, 6) is 1.21. The van der Waals surface area contributed by atoms with E-state index in [0.29, 0.717) is 5.92 Å². The fourth-order valence-electron chi connectivity index (χ4n) is 2.34. The van der Waals surface area contributed by atoms with Gasteiger partial charge in [0.2, 0.25) is 0 Å². The van der Waals surface area contributed by atoms with Gasteiger partial charge in [-0.3, -0.25) is 0 Å². The Balaban J connectivity index is 2.35. The van der Waals surface area contributed by atoms with Crippen LogP contribution < -0.4 is 0 Å². The lowest BCUT2D eigenvalue weighted by atomic mass is 9.92. The minimum atomic E-state index is -0.527. The molecule has 90 valence electrons. The number of β-amino-alcohol motifs (C(OH)–C–C–N with tert-alkyl or cyclic N) is 1. The monoisotopic (exact) mass is 213 g/mol. The molecule has 0 amide bonds. The van der Waals surface area contributed by atoms with Crippen LogP contribution in [0.2, 0.25) is 0 Å². The van der Waals surface area contributed by atoms with E-state index in [-0.39, 0.29) is 0 Å². The first-order valence-electron chi connectivity index (χ1n) is 6.40. The molecule has 1 fully saturated rings. The summed E-state index contributed by atoms with van der Waals surface area (Å²) >= 11 is 0. The lowest BCUT2D eigenvalue weighted by molar-refractivity contribution is -0.0144. The molecule has 2 nitrogen and oxygen atoms in total. The van der Waals surface area contributed by atoms with E-state index in [1.54, 1.807) is 0 Å². The standard InChI is InChI=1S/C13H27NO/c1-5-6-12-7-8-14(9-12)10-13(4,15)11(2)3/h11-12,15H,5-10H2,1-4H3. The van der Waals surface area contributed by atoms with E-state index in [1.807, 2.05) is 6.92 Å². The second-order valence-corrected chi connectivity index (χ2v) is 5.69. The molecule has 2 unspecified atom stereocenters. The van der Waals surface area contributed by atoms with Crippen molar-refractivity contribution in [3.05, 3.63) is 0 Å². The van der Waals surface area contributed by atoms with E-state index in [9.17, 15) is 5.11 Å². The quantitative estimate of drug-likeness (QED) is 0.758. The third-order valence-corrected chi connectivity index (χ3v) is 3.85. The molecule has 1 aliphatic heterocycles. The summed E-state index contributed by atoms with van der Waals surface area (Å²) in [7, 11) is 0. The van der Waals surface area contributed by atoms with E-state index in [0.717, 1.165) is 12.5 Å². The lowest BCUT2D eigenvalue weighted by Gasteiger charge is -2.32. The van der Waals surface area contributed by atoms with Crippen LogP contribution >= 0.6 is 0 Å². The van der Waals surface area contributed by atoms with Gasteiger partial charge in [0.05, 0.1) is 5.60 Å². The van der Waals surface area contributed by atoms with Crippen molar-refractivity contribution in [2.45, 2.75) is 52.6 Å². The Bertz CT molecular complexity index is 189. The predicted octanol–water partition coefficient (Wildman–Crippen LogP) is 2.52. The predicted molar refractivity (Wildman–Crippen MR) is 64.9 cm³/mol. The van der Waals surface area contributed by atoms with Gasteiger partial charge in [-0.05, 0) is 38.1 Å². The van der Waals surface area contributed by atoms with Crippen molar-refractivity contribution in [3.8, 4) is 0 Å². The minimum absolute atomic E-state index is 0.336. The molecule has 1 heterocycles. The molecule has 0 aromatic carbocycles. The summed E-state index contributed by atoms with van der Waals surface area (Å²) in [6.45, 7) is 11.6. The van der Waals surface area contributed by atoms with Crippen molar-refractivity contribution in [1.29, 1.82) is 0 Å². The van der Waals surface area contributed by atoms with Gasteiger partial charge in [0, 0.05) is 13.1 Å². The van der Waals surface area contributed by atoms with Crippen LogP contribution in [0.5, 0.6) is 0 Å². The molecule has 0 bridgehead atoms. The fraction of sp³-hybridized carbons (Fsp3) is 1.00. The molecule has 0 aromatic heterocycles. The van der Waals surface area contributed by atoms with Crippen molar-refractivity contribution in [1.82, 2.24) is 4.90 Å². The van der Waals surface area contributed by atoms with Gasteiger partial charge in [-0.1, -0.05) is 27.2 Å². The van der Waals surface area contributed by atoms with Crippen LogP contribution in [0.25, 0.3) is 0 Å². The van der Waals surface area contributed by atoms with Crippen molar-refractivity contribution >= 4 is 0 Å². The van der Waals surface area contributed by atoms with Gasteiger partial charge in [-0.15, -0.1) is 0 Å². The van der Waals surface area contributed by atoms with Crippen LogP contribution in [0, 0.1) is 11.8 Å². The zero-order valence-corrected chi connectivity index (χ0v) is 10.8. The first kappa shape index (κ1) is 13.0. The molecule has 0 saturated carbocycles. The minimum Gasteiger partial charge on any atom is -0.389 e. The van der Waals surface area contributed by atoms with Gasteiger partial charge in [0.25, 0.3) is 0 Å². The number of aliphatic hydroxyl groups is 1. The molecule has 15 heavy (non-hydrogen) atoms. The summed E-state index contributed by atoms with van der Waals surface area (Å²) < 4.78 is 0. The van der Waals surface area contributed by atoms with E-state index < -0.39 is 5.60 Å². The zero-order valence-electron chi connectivity index (χ0n) is 10.8. The largest absolute Gasteiger partial charge is 0.389 e. The molecule has 2 atom stereocenters. The zero-order chi connectivity index (χ0) is 11.5. The maximum Gasteiger partial charge on any atom is 0.0768 e. The highest BCUT2D eigenvalue weighted by atomic mass is 16.3. The highest BCUT2D eigenvalue weighted by Crippen LogP contribution is 2.25. The van der Waals surface area contributed by atoms with E-state index >= 15 is 0 Å². The highest BCUT2D eigenvalue weighted by Gasteiger charge is 2.31. The van der Waals surface area contributed by atoms with Crippen LogP contribution in [0.4, 0.5) is 0 Å². The Morgan fingerprint density at radius 1 is 1.47 bits per heavy atom. The molecule has 0 aliphatic carbocycles. The molecule has 1 saturated heterocycles. The summed E-state index contributed by atoms with van der Waals surface area (Å²) in [4.78, 5) is 2.43. The first-order valence-corrected chi connectivity index (χ1v) is 6.40. The van der Waals surface area contributed by atoms with Gasteiger partial charge in [-0.2, -0.15) is 0 Å². The summed E-state index contributed by atoms with van der Waals surface area (Å²) in [6, 6.07) is 0. The molecular weight excluding hydrogens is 186 g/mol. The normalized spacial score (nSPS) is 27.2. The van der Waals surface area contributed by atoms with E-state index in [2.05, 4.69) is 25.7 Å². The number of hydrogen-bond donors (Lipinski definition) is 1. The second-order valence-electron chi connectivity index (χ2n) is 5.69. The summed E-state index contributed by atoms with van der Waals surface area (Å²) in [6.07, 6.45) is 3.96. The number of likely N-dealkylation sites (tertiary alicyclic amines) is 1. The van der Waals surface area contributed by atoms with Crippen molar-refractivity contribution in [2.75, 3.05) is 19.6 Å². The van der Waals surface area contributed by atoms with E-state index in [4.69, 9.17) is 0 Å². The second kappa shape index (κ2) is 5.31. The third-order valence-electron chi connectivity index (χ3n) is 3.85. The maximum atomic E-state index is 10.2. The molecule has 0 radical (unpaired) electrons. The average Bonchev–Trinajstić information content (AvgIpc) is 2.52. The van der Waals surface area contributed by atoms with Crippen LogP contribution in [-0.4, -0.2) is 35.2 Å². The smallest absolute Gasteiger partial charge is 0.0768 e. The highest BCUT2D eigenvalue weighted by molar-refractivity contribution is 4.84. The van der Waals surface area contributed by atoms with Gasteiger partial charge in [0.15, 0.2) is 0 Å². The number of hydrogen-bond acceptors (Lipinski definition) is 2. The van der Waals surface area contributed by atoms with Crippen molar-refractivity contribution in [2.24, 2.45) is 11.8 Å². The lowest BCUT2D eigenvalue weighted by Crippen LogP contribution is -2.43. The molecule has 1 aliphatic rings.